The summed E-state index contributed by atoms with van der Waals surface area (Å²) in [4.78, 5) is 1.15. The van der Waals surface area contributed by atoms with Crippen LogP contribution in [0.1, 0.15) is 50.2 Å². The Kier molecular flexibility index (Phi) is 5.70. The minimum absolute atomic E-state index is 0.129. The lowest BCUT2D eigenvalue weighted by Crippen LogP contribution is -2.62. The highest BCUT2D eigenvalue weighted by molar-refractivity contribution is 7.98. The molecular formula is C21H30N2O2S2. The third-order valence-electron chi connectivity index (χ3n) is 6.77. The third-order valence-corrected chi connectivity index (χ3v) is 7.73. The number of nitrogens with one attached hydrogen (secondary N) is 2. The zero-order valence-corrected chi connectivity index (χ0v) is 17.5. The van der Waals surface area contributed by atoms with Crippen molar-refractivity contribution in [1.29, 1.82) is 0 Å². The van der Waals surface area contributed by atoms with E-state index < -0.39 is 12.1 Å². The van der Waals surface area contributed by atoms with Gasteiger partial charge in [0.2, 0.25) is 0 Å². The van der Waals surface area contributed by atoms with E-state index in [4.69, 9.17) is 12.2 Å². The Morgan fingerprint density at radius 1 is 1.15 bits per heavy atom. The van der Waals surface area contributed by atoms with Crippen molar-refractivity contribution in [1.82, 2.24) is 10.6 Å². The maximum absolute atomic E-state index is 10.7. The lowest BCUT2D eigenvalue weighted by atomic mass is 9.53. The average molecular weight is 407 g/mol. The van der Waals surface area contributed by atoms with Crippen molar-refractivity contribution in [3.8, 4) is 0 Å². The molecule has 0 radical (unpaired) electrons. The number of aliphatic hydroxyl groups is 2. The number of aliphatic hydroxyl groups excluding tert-OH is 2. The third kappa shape index (κ3) is 4.14. The molecule has 0 aromatic heterocycles. The standard InChI is InChI=1S/C21H30N2O2S2/c1-27-17-4-2-16(3-5-17)19(25)18(12-24)22-20(26)23-21-9-13-6-14(10-21)8-15(7-13)11-21/h2-5,13-15,18-19,24-25H,6-12H2,1H3,(H2,22,23,26). The highest BCUT2D eigenvalue weighted by Crippen LogP contribution is 2.55. The first-order valence-electron chi connectivity index (χ1n) is 10.0. The summed E-state index contributed by atoms with van der Waals surface area (Å²) in [5.41, 5.74) is 0.918. The molecule has 4 nitrogen and oxygen atoms in total. The lowest BCUT2D eigenvalue weighted by molar-refractivity contribution is -0.0105. The Morgan fingerprint density at radius 3 is 2.19 bits per heavy atom. The predicted octanol–water partition coefficient (Wildman–Crippen LogP) is 3.24. The van der Waals surface area contributed by atoms with Crippen LogP contribution in [0.25, 0.3) is 0 Å². The zero-order chi connectivity index (χ0) is 19.0. The molecule has 4 N–H and O–H groups in total. The van der Waals surface area contributed by atoms with Gasteiger partial charge in [-0.05, 0) is 92.4 Å². The van der Waals surface area contributed by atoms with Crippen molar-refractivity contribution in [2.75, 3.05) is 12.9 Å². The Labute approximate surface area is 171 Å². The Hall–Kier alpha value is -0.820. The summed E-state index contributed by atoms with van der Waals surface area (Å²) in [5.74, 6) is 2.54. The van der Waals surface area contributed by atoms with Crippen LogP contribution in [-0.2, 0) is 0 Å². The minimum atomic E-state index is -0.804. The number of rotatable bonds is 6. The van der Waals surface area contributed by atoms with Crippen LogP contribution in [0, 0.1) is 17.8 Å². The van der Waals surface area contributed by atoms with Crippen molar-refractivity contribution in [2.24, 2.45) is 17.8 Å². The van der Waals surface area contributed by atoms with Gasteiger partial charge in [0.25, 0.3) is 0 Å². The summed E-state index contributed by atoms with van der Waals surface area (Å²) in [6, 6.07) is 7.29. The second kappa shape index (κ2) is 7.90. The van der Waals surface area contributed by atoms with Crippen molar-refractivity contribution >= 4 is 29.1 Å². The summed E-state index contributed by atoms with van der Waals surface area (Å²) < 4.78 is 0. The Bertz CT molecular complexity index is 644. The molecule has 4 bridgehead atoms. The van der Waals surface area contributed by atoms with Crippen LogP contribution in [0.4, 0.5) is 0 Å². The molecule has 0 saturated heterocycles. The van der Waals surface area contributed by atoms with E-state index in [1.54, 1.807) is 11.8 Å². The smallest absolute Gasteiger partial charge is 0.167 e. The molecule has 4 fully saturated rings. The number of hydrogen-bond acceptors (Lipinski definition) is 4. The van der Waals surface area contributed by atoms with E-state index in [-0.39, 0.29) is 12.1 Å². The molecule has 6 heteroatoms. The predicted molar refractivity (Wildman–Crippen MR) is 114 cm³/mol. The van der Waals surface area contributed by atoms with Gasteiger partial charge in [-0.3, -0.25) is 0 Å². The van der Waals surface area contributed by atoms with Gasteiger partial charge in [-0.25, -0.2) is 0 Å². The van der Waals surface area contributed by atoms with E-state index in [1.165, 1.54) is 38.5 Å². The van der Waals surface area contributed by atoms with Crippen molar-refractivity contribution in [3.63, 3.8) is 0 Å². The van der Waals surface area contributed by atoms with Crippen LogP contribution < -0.4 is 10.6 Å². The van der Waals surface area contributed by atoms with Gasteiger partial charge >= 0.3 is 0 Å². The molecule has 4 saturated carbocycles. The van der Waals surface area contributed by atoms with Crippen LogP contribution in [0.2, 0.25) is 0 Å². The van der Waals surface area contributed by atoms with Gasteiger partial charge in [0.15, 0.2) is 5.11 Å². The average Bonchev–Trinajstić information content (AvgIpc) is 2.64. The van der Waals surface area contributed by atoms with E-state index in [1.807, 2.05) is 30.5 Å². The highest BCUT2D eigenvalue weighted by Gasteiger charge is 2.51. The summed E-state index contributed by atoms with van der Waals surface area (Å²) in [5, 5.41) is 27.9. The number of hydrogen-bond donors (Lipinski definition) is 4. The molecule has 0 spiro atoms. The van der Waals surface area contributed by atoms with Crippen LogP contribution in [0.15, 0.2) is 29.2 Å². The van der Waals surface area contributed by atoms with E-state index >= 15 is 0 Å². The van der Waals surface area contributed by atoms with Gasteiger partial charge in [0.05, 0.1) is 12.6 Å². The number of benzene rings is 1. The molecular weight excluding hydrogens is 376 g/mol. The monoisotopic (exact) mass is 406 g/mol. The van der Waals surface area contributed by atoms with Crippen LogP contribution >= 0.6 is 24.0 Å². The molecule has 0 heterocycles. The van der Waals surface area contributed by atoms with Crippen molar-refractivity contribution in [3.05, 3.63) is 29.8 Å². The van der Waals surface area contributed by atoms with Crippen LogP contribution in [-0.4, -0.2) is 39.8 Å². The number of thioether (sulfide) groups is 1. The first kappa shape index (κ1) is 19.5. The molecule has 4 aliphatic rings. The fourth-order valence-corrected chi connectivity index (χ4v) is 6.74. The minimum Gasteiger partial charge on any atom is -0.394 e. The quantitative estimate of drug-likeness (QED) is 0.430. The van der Waals surface area contributed by atoms with Gasteiger partial charge < -0.3 is 20.8 Å². The molecule has 2 atom stereocenters. The Morgan fingerprint density at radius 2 is 1.70 bits per heavy atom. The zero-order valence-electron chi connectivity index (χ0n) is 15.9. The normalized spacial score (nSPS) is 33.5. The molecule has 5 rings (SSSR count). The van der Waals surface area contributed by atoms with Gasteiger partial charge in [0, 0.05) is 10.4 Å². The van der Waals surface area contributed by atoms with Gasteiger partial charge in [-0.15, -0.1) is 11.8 Å². The van der Waals surface area contributed by atoms with E-state index in [9.17, 15) is 10.2 Å². The second-order valence-electron chi connectivity index (χ2n) is 8.80. The summed E-state index contributed by atoms with van der Waals surface area (Å²) in [6.45, 7) is -0.172. The molecule has 1 aromatic rings. The van der Waals surface area contributed by atoms with Crippen LogP contribution in [0.5, 0.6) is 0 Å². The maximum Gasteiger partial charge on any atom is 0.167 e. The fourth-order valence-electron chi connectivity index (χ4n) is 5.97. The summed E-state index contributed by atoms with van der Waals surface area (Å²) >= 11 is 7.26. The van der Waals surface area contributed by atoms with Gasteiger partial charge in [-0.2, -0.15) is 0 Å². The van der Waals surface area contributed by atoms with Crippen LogP contribution in [0.3, 0.4) is 0 Å². The lowest BCUT2D eigenvalue weighted by Gasteiger charge is -2.57. The summed E-state index contributed by atoms with van der Waals surface area (Å²) in [6.07, 6.45) is 9.04. The number of thiocarbonyl (C=S) groups is 1. The van der Waals surface area contributed by atoms with Gasteiger partial charge in [-0.1, -0.05) is 12.1 Å². The Balaban J connectivity index is 1.38. The van der Waals surface area contributed by atoms with Gasteiger partial charge in [0.1, 0.15) is 6.10 Å². The summed E-state index contributed by atoms with van der Waals surface area (Å²) in [7, 11) is 0. The molecule has 0 aliphatic heterocycles. The molecule has 0 amide bonds. The largest absolute Gasteiger partial charge is 0.394 e. The van der Waals surface area contributed by atoms with Crippen molar-refractivity contribution in [2.45, 2.75) is 61.1 Å². The fraction of sp³-hybridized carbons (Fsp3) is 0.667. The molecule has 148 valence electrons. The first-order chi connectivity index (χ1) is 13.0. The van der Waals surface area contributed by atoms with E-state index in [0.29, 0.717) is 5.11 Å². The highest BCUT2D eigenvalue weighted by atomic mass is 32.2. The molecule has 1 aromatic carbocycles. The molecule has 2 unspecified atom stereocenters. The second-order valence-corrected chi connectivity index (χ2v) is 10.1. The van der Waals surface area contributed by atoms with E-state index in [2.05, 4.69) is 10.6 Å². The molecule has 4 aliphatic carbocycles. The first-order valence-corrected chi connectivity index (χ1v) is 11.6. The maximum atomic E-state index is 10.7. The SMILES string of the molecule is CSc1ccc(C(O)C(CO)NC(=S)NC23CC4CC(CC(C4)C2)C3)cc1. The van der Waals surface area contributed by atoms with Crippen molar-refractivity contribution < 1.29 is 10.2 Å². The topological polar surface area (TPSA) is 64.5 Å². The molecule has 27 heavy (non-hydrogen) atoms. The van der Waals surface area contributed by atoms with E-state index in [0.717, 1.165) is 28.2 Å².